The van der Waals surface area contributed by atoms with Crippen LogP contribution >= 0.6 is 0 Å². The summed E-state index contributed by atoms with van der Waals surface area (Å²) < 4.78 is 10.5. The van der Waals surface area contributed by atoms with Crippen LogP contribution in [0.2, 0.25) is 0 Å². The zero-order valence-electron chi connectivity index (χ0n) is 10.7. The van der Waals surface area contributed by atoms with Gasteiger partial charge in [0, 0.05) is 30.9 Å². The summed E-state index contributed by atoms with van der Waals surface area (Å²) in [5, 5.41) is 9.36. The molecule has 1 amide bonds. The molecule has 2 aliphatic heterocycles. The molecule has 1 aromatic rings. The lowest BCUT2D eigenvalue weighted by Gasteiger charge is -2.28. The molecule has 0 saturated carbocycles. The highest BCUT2D eigenvalue weighted by Gasteiger charge is 2.23. The second kappa shape index (κ2) is 5.07. The number of carbonyl (C=O) groups excluding carboxylic acids is 1. The van der Waals surface area contributed by atoms with Crippen molar-refractivity contribution >= 4 is 11.6 Å². The number of piperazine rings is 1. The number of rotatable bonds is 2. The van der Waals surface area contributed by atoms with Crippen LogP contribution in [-0.4, -0.2) is 37.9 Å². The number of nitrogens with one attached hydrogen (secondary N) is 3. The number of benzene rings is 1. The molecule has 0 spiro atoms. The van der Waals surface area contributed by atoms with Crippen molar-refractivity contribution in [2.24, 2.45) is 0 Å². The van der Waals surface area contributed by atoms with Gasteiger partial charge in [0.2, 0.25) is 12.7 Å². The van der Waals surface area contributed by atoms with Crippen molar-refractivity contribution in [1.82, 2.24) is 10.6 Å². The summed E-state index contributed by atoms with van der Waals surface area (Å²) in [4.78, 5) is 12.1. The van der Waals surface area contributed by atoms with E-state index in [1.807, 2.05) is 6.07 Å². The highest BCUT2D eigenvalue weighted by atomic mass is 16.7. The van der Waals surface area contributed by atoms with Crippen molar-refractivity contribution < 1.29 is 14.3 Å². The Bertz CT molecular complexity index is 484. The molecule has 1 fully saturated rings. The zero-order valence-corrected chi connectivity index (χ0v) is 10.7. The molecular formula is C13H17N3O3. The van der Waals surface area contributed by atoms with Crippen LogP contribution in [0, 0.1) is 0 Å². The summed E-state index contributed by atoms with van der Waals surface area (Å²) in [6.07, 6.45) is 0. The van der Waals surface area contributed by atoms with Crippen molar-refractivity contribution in [2.75, 3.05) is 25.2 Å². The Balaban J connectivity index is 1.63. The first-order chi connectivity index (χ1) is 9.22. The van der Waals surface area contributed by atoms with Gasteiger partial charge in [0.15, 0.2) is 11.5 Å². The number of fused-ring (bicyclic) bond motifs is 1. The van der Waals surface area contributed by atoms with Gasteiger partial charge in [0.1, 0.15) is 0 Å². The lowest BCUT2D eigenvalue weighted by Crippen LogP contribution is -2.57. The minimum absolute atomic E-state index is 0.0433. The number of ether oxygens (including phenoxy) is 2. The largest absolute Gasteiger partial charge is 0.454 e. The summed E-state index contributed by atoms with van der Waals surface area (Å²) in [7, 11) is 0. The van der Waals surface area contributed by atoms with Gasteiger partial charge < -0.3 is 25.4 Å². The maximum atomic E-state index is 12.1. The average molecular weight is 263 g/mol. The van der Waals surface area contributed by atoms with Gasteiger partial charge in [0.05, 0.1) is 6.04 Å². The number of amides is 1. The molecule has 3 N–H and O–H groups in total. The summed E-state index contributed by atoms with van der Waals surface area (Å²) in [6.45, 7) is 3.74. The fraction of sp³-hybridized carbons (Fsp3) is 0.462. The van der Waals surface area contributed by atoms with Crippen LogP contribution in [0.5, 0.6) is 11.5 Å². The van der Waals surface area contributed by atoms with Crippen LogP contribution in [0.3, 0.4) is 0 Å². The van der Waals surface area contributed by atoms with E-state index in [0.29, 0.717) is 24.1 Å². The molecule has 6 nitrogen and oxygen atoms in total. The van der Waals surface area contributed by atoms with E-state index in [-0.39, 0.29) is 18.7 Å². The van der Waals surface area contributed by atoms with E-state index in [4.69, 9.17) is 9.47 Å². The normalized spacial score (nSPS) is 25.1. The van der Waals surface area contributed by atoms with Crippen LogP contribution < -0.4 is 25.4 Å². The fourth-order valence-electron chi connectivity index (χ4n) is 2.17. The fourth-order valence-corrected chi connectivity index (χ4v) is 2.17. The quantitative estimate of drug-likeness (QED) is 0.716. The highest BCUT2D eigenvalue weighted by Crippen LogP contribution is 2.34. The van der Waals surface area contributed by atoms with Gasteiger partial charge in [-0.25, -0.2) is 0 Å². The molecule has 6 heteroatoms. The predicted octanol–water partition coefficient (Wildman–Crippen LogP) is 0.304. The number of hydrogen-bond donors (Lipinski definition) is 3. The Morgan fingerprint density at radius 3 is 2.89 bits per heavy atom. The third-order valence-electron chi connectivity index (χ3n) is 3.30. The molecule has 0 aliphatic carbocycles. The maximum absolute atomic E-state index is 12.1. The lowest BCUT2D eigenvalue weighted by atomic mass is 10.1. The number of anilines is 1. The maximum Gasteiger partial charge on any atom is 0.242 e. The van der Waals surface area contributed by atoms with Crippen LogP contribution in [0.4, 0.5) is 5.69 Å². The predicted molar refractivity (Wildman–Crippen MR) is 70.5 cm³/mol. The van der Waals surface area contributed by atoms with Crippen molar-refractivity contribution in [2.45, 2.75) is 19.0 Å². The Hall–Kier alpha value is -1.79. The van der Waals surface area contributed by atoms with Gasteiger partial charge in [-0.05, 0) is 19.1 Å². The minimum atomic E-state index is -0.207. The molecule has 1 saturated heterocycles. The standard InChI is InChI=1S/C13H17N3O3/c1-8-5-15-10(6-14-8)13(17)16-9-2-3-11-12(4-9)19-7-18-11/h2-4,8,10,14-15H,5-7H2,1H3,(H,16,17). The van der Waals surface area contributed by atoms with Gasteiger partial charge in [-0.15, -0.1) is 0 Å². The van der Waals surface area contributed by atoms with Gasteiger partial charge in [-0.3, -0.25) is 4.79 Å². The SMILES string of the molecule is CC1CNC(C(=O)Nc2ccc3c(c2)OCO3)CN1. The minimum Gasteiger partial charge on any atom is -0.454 e. The molecule has 102 valence electrons. The van der Waals surface area contributed by atoms with E-state index in [0.717, 1.165) is 12.2 Å². The van der Waals surface area contributed by atoms with E-state index in [1.54, 1.807) is 12.1 Å². The van der Waals surface area contributed by atoms with E-state index in [1.165, 1.54) is 0 Å². The Kier molecular flexibility index (Phi) is 3.27. The van der Waals surface area contributed by atoms with Crippen molar-refractivity contribution in [3.8, 4) is 11.5 Å². The van der Waals surface area contributed by atoms with E-state index in [9.17, 15) is 4.79 Å². The van der Waals surface area contributed by atoms with Crippen molar-refractivity contribution in [1.29, 1.82) is 0 Å². The van der Waals surface area contributed by atoms with Gasteiger partial charge >= 0.3 is 0 Å². The molecule has 3 rings (SSSR count). The first-order valence-electron chi connectivity index (χ1n) is 6.39. The molecule has 2 heterocycles. The average Bonchev–Trinajstić information content (AvgIpc) is 2.87. The van der Waals surface area contributed by atoms with E-state index >= 15 is 0 Å². The molecule has 0 bridgehead atoms. The zero-order chi connectivity index (χ0) is 13.2. The first kappa shape index (κ1) is 12.3. The van der Waals surface area contributed by atoms with Crippen LogP contribution in [-0.2, 0) is 4.79 Å². The molecule has 19 heavy (non-hydrogen) atoms. The molecule has 2 aliphatic rings. The Morgan fingerprint density at radius 1 is 1.26 bits per heavy atom. The molecule has 2 atom stereocenters. The van der Waals surface area contributed by atoms with Crippen LogP contribution in [0.15, 0.2) is 18.2 Å². The number of carbonyl (C=O) groups is 1. The summed E-state index contributed by atoms with van der Waals surface area (Å²) in [6, 6.07) is 5.58. The van der Waals surface area contributed by atoms with Gasteiger partial charge in [-0.2, -0.15) is 0 Å². The molecular weight excluding hydrogens is 246 g/mol. The van der Waals surface area contributed by atoms with Gasteiger partial charge in [-0.1, -0.05) is 0 Å². The topological polar surface area (TPSA) is 71.6 Å². The molecule has 2 unspecified atom stereocenters. The lowest BCUT2D eigenvalue weighted by molar-refractivity contribution is -0.118. The third kappa shape index (κ3) is 2.64. The molecule has 0 radical (unpaired) electrons. The smallest absolute Gasteiger partial charge is 0.242 e. The van der Waals surface area contributed by atoms with Crippen molar-refractivity contribution in [3.05, 3.63) is 18.2 Å². The van der Waals surface area contributed by atoms with Crippen LogP contribution in [0.25, 0.3) is 0 Å². The Morgan fingerprint density at radius 2 is 2.11 bits per heavy atom. The van der Waals surface area contributed by atoms with E-state index < -0.39 is 0 Å². The summed E-state index contributed by atoms with van der Waals surface area (Å²) in [5.41, 5.74) is 0.717. The number of hydrogen-bond acceptors (Lipinski definition) is 5. The molecule has 1 aromatic carbocycles. The summed E-state index contributed by atoms with van der Waals surface area (Å²) in [5.74, 6) is 1.34. The van der Waals surface area contributed by atoms with Crippen LogP contribution in [0.1, 0.15) is 6.92 Å². The monoisotopic (exact) mass is 263 g/mol. The second-order valence-electron chi connectivity index (χ2n) is 4.83. The highest BCUT2D eigenvalue weighted by molar-refractivity contribution is 5.95. The van der Waals surface area contributed by atoms with Crippen molar-refractivity contribution in [3.63, 3.8) is 0 Å². The van der Waals surface area contributed by atoms with Gasteiger partial charge in [0.25, 0.3) is 0 Å². The van der Waals surface area contributed by atoms with E-state index in [2.05, 4.69) is 22.9 Å². The third-order valence-corrected chi connectivity index (χ3v) is 3.30. The second-order valence-corrected chi connectivity index (χ2v) is 4.83. The first-order valence-corrected chi connectivity index (χ1v) is 6.39. The molecule has 0 aromatic heterocycles. The Labute approximate surface area is 111 Å². The summed E-state index contributed by atoms with van der Waals surface area (Å²) >= 11 is 0.